The Morgan fingerprint density at radius 1 is 0.568 bits per heavy atom. The molecule has 0 heterocycles. The molecule has 1 aliphatic carbocycles. The lowest BCUT2D eigenvalue weighted by atomic mass is 9.69. The Hall–Kier alpha value is -2.22. The van der Waals surface area contributed by atoms with Gasteiger partial charge in [-0.3, -0.25) is 9.59 Å². The second kappa shape index (κ2) is 14.0. The minimum absolute atomic E-state index is 0.0116. The van der Waals surface area contributed by atoms with Crippen LogP contribution in [0.25, 0.3) is 0 Å². The van der Waals surface area contributed by atoms with Crippen LogP contribution >= 0.6 is 0 Å². The quantitative estimate of drug-likeness (QED) is 0.174. The van der Waals surface area contributed by atoms with E-state index in [0.717, 1.165) is 38.5 Å². The van der Waals surface area contributed by atoms with Crippen molar-refractivity contribution in [3.8, 4) is 0 Å². The van der Waals surface area contributed by atoms with Gasteiger partial charge in [0.2, 0.25) is 0 Å². The molecule has 2 aromatic rings. The van der Waals surface area contributed by atoms with Gasteiger partial charge in [-0.1, -0.05) is 127 Å². The second-order valence-corrected chi connectivity index (χ2v) is 16.4. The van der Waals surface area contributed by atoms with Crippen LogP contribution in [0.1, 0.15) is 190 Å². The van der Waals surface area contributed by atoms with Crippen molar-refractivity contribution in [2.45, 2.75) is 158 Å². The number of benzene rings is 2. The topological polar surface area (TPSA) is 34.1 Å². The summed E-state index contributed by atoms with van der Waals surface area (Å²) in [4.78, 5) is 27.9. The number of carbonyl (C=O) groups is 2. The molecule has 3 rings (SSSR count). The summed E-state index contributed by atoms with van der Waals surface area (Å²) in [5.74, 6) is 1.32. The number of hydrogen-bond donors (Lipinski definition) is 0. The fraction of sp³-hybridized carbons (Fsp3) is 0.667. The van der Waals surface area contributed by atoms with Gasteiger partial charge in [0.15, 0.2) is 11.6 Å². The Bertz CT molecular complexity index is 1300. The number of hydrogen-bond acceptors (Lipinski definition) is 2. The highest BCUT2D eigenvalue weighted by atomic mass is 16.1. The maximum atomic E-state index is 14.2. The smallest absolute Gasteiger partial charge is 0.194 e. The molecule has 3 atom stereocenters. The Kier molecular flexibility index (Phi) is 11.6. The molecule has 44 heavy (non-hydrogen) atoms. The van der Waals surface area contributed by atoms with Gasteiger partial charge in [-0.2, -0.15) is 0 Å². The van der Waals surface area contributed by atoms with Crippen LogP contribution in [0.15, 0.2) is 36.4 Å². The van der Waals surface area contributed by atoms with Crippen LogP contribution in [-0.2, 0) is 10.8 Å². The summed E-state index contributed by atoms with van der Waals surface area (Å²) in [5, 5.41) is 0. The van der Waals surface area contributed by atoms with Crippen molar-refractivity contribution in [2.24, 2.45) is 22.7 Å². The molecular weight excluding hydrogens is 536 g/mol. The van der Waals surface area contributed by atoms with Gasteiger partial charge in [-0.15, -0.1) is 0 Å². The van der Waals surface area contributed by atoms with Gasteiger partial charge in [0.05, 0.1) is 0 Å². The second-order valence-electron chi connectivity index (χ2n) is 16.4. The van der Waals surface area contributed by atoms with Crippen LogP contribution < -0.4 is 0 Å². The third-order valence-corrected chi connectivity index (χ3v) is 12.8. The molecule has 2 heteroatoms. The van der Waals surface area contributed by atoms with Crippen molar-refractivity contribution in [1.29, 1.82) is 0 Å². The van der Waals surface area contributed by atoms with Gasteiger partial charge in [0, 0.05) is 22.3 Å². The van der Waals surface area contributed by atoms with Crippen LogP contribution in [0.3, 0.4) is 0 Å². The van der Waals surface area contributed by atoms with E-state index in [4.69, 9.17) is 0 Å². The molecule has 0 N–H and O–H groups in total. The average Bonchev–Trinajstić information content (AvgIpc) is 3.00. The summed E-state index contributed by atoms with van der Waals surface area (Å²) >= 11 is 0. The zero-order valence-corrected chi connectivity index (χ0v) is 30.5. The first-order valence-electron chi connectivity index (χ1n) is 17.9. The standard InChI is InChI=1S/C42H64O2/c1-13-40(10,11)30(6)20-18-26-42(15-3,16-4)32-22-24-34-36(28-32)38(44)35-27-31(21-23-33(35)37(34)43)41(12,14-2)25-17-19-29(5)39(7,8)9/h21-24,27-30H,13-20,25-26H2,1-12H3. The summed E-state index contributed by atoms with van der Waals surface area (Å²) in [6.07, 6.45) is 11.2. The van der Waals surface area contributed by atoms with Crippen LogP contribution in [-0.4, -0.2) is 11.6 Å². The largest absolute Gasteiger partial charge is 0.289 e. The van der Waals surface area contributed by atoms with Crippen molar-refractivity contribution in [3.63, 3.8) is 0 Å². The molecule has 0 bridgehead atoms. The van der Waals surface area contributed by atoms with Gasteiger partial charge < -0.3 is 0 Å². The van der Waals surface area contributed by atoms with E-state index in [9.17, 15) is 9.59 Å². The predicted molar refractivity (Wildman–Crippen MR) is 189 cm³/mol. The van der Waals surface area contributed by atoms with E-state index < -0.39 is 0 Å². The van der Waals surface area contributed by atoms with E-state index >= 15 is 0 Å². The van der Waals surface area contributed by atoms with Crippen molar-refractivity contribution in [1.82, 2.24) is 0 Å². The molecule has 0 amide bonds. The lowest BCUT2D eigenvalue weighted by Gasteiger charge is -2.36. The molecule has 0 fully saturated rings. The molecule has 0 saturated carbocycles. The van der Waals surface area contributed by atoms with Crippen molar-refractivity contribution >= 4 is 11.6 Å². The third-order valence-electron chi connectivity index (χ3n) is 12.8. The maximum Gasteiger partial charge on any atom is 0.194 e. The van der Waals surface area contributed by atoms with E-state index in [2.05, 4.69) is 107 Å². The first-order chi connectivity index (χ1) is 20.5. The van der Waals surface area contributed by atoms with E-state index in [-0.39, 0.29) is 22.4 Å². The minimum Gasteiger partial charge on any atom is -0.289 e. The Morgan fingerprint density at radius 3 is 1.55 bits per heavy atom. The highest BCUT2D eigenvalue weighted by Gasteiger charge is 2.36. The third kappa shape index (κ3) is 7.42. The molecule has 244 valence electrons. The van der Waals surface area contributed by atoms with Crippen LogP contribution in [0.2, 0.25) is 0 Å². The normalized spacial score (nSPS) is 16.7. The fourth-order valence-electron chi connectivity index (χ4n) is 7.25. The fourth-order valence-corrected chi connectivity index (χ4v) is 7.25. The Labute approximate surface area is 271 Å². The predicted octanol–water partition coefficient (Wildman–Crippen LogP) is 12.3. The van der Waals surface area contributed by atoms with Crippen molar-refractivity contribution in [2.75, 3.05) is 0 Å². The lowest BCUT2D eigenvalue weighted by Crippen LogP contribution is -2.28. The van der Waals surface area contributed by atoms with Gasteiger partial charge in [0.25, 0.3) is 0 Å². The van der Waals surface area contributed by atoms with E-state index in [1.165, 1.54) is 36.8 Å². The highest BCUT2D eigenvalue weighted by molar-refractivity contribution is 6.28. The average molecular weight is 601 g/mol. The molecule has 0 spiro atoms. The van der Waals surface area contributed by atoms with Gasteiger partial charge in [0.1, 0.15) is 0 Å². The lowest BCUT2D eigenvalue weighted by molar-refractivity contribution is 0.0978. The molecule has 0 saturated heterocycles. The van der Waals surface area contributed by atoms with E-state index in [1.54, 1.807) is 0 Å². The van der Waals surface area contributed by atoms with Crippen LogP contribution in [0.4, 0.5) is 0 Å². The summed E-state index contributed by atoms with van der Waals surface area (Å²) in [5.41, 5.74) is 5.36. The summed E-state index contributed by atoms with van der Waals surface area (Å²) < 4.78 is 0. The first-order valence-corrected chi connectivity index (χ1v) is 17.9. The summed E-state index contributed by atoms with van der Waals surface area (Å²) in [7, 11) is 0. The maximum absolute atomic E-state index is 14.2. The molecule has 1 aliphatic rings. The molecule has 0 radical (unpaired) electrons. The number of carbonyl (C=O) groups excluding carboxylic acids is 2. The van der Waals surface area contributed by atoms with Crippen LogP contribution in [0.5, 0.6) is 0 Å². The first kappa shape index (κ1) is 36.3. The highest BCUT2D eigenvalue weighted by Crippen LogP contribution is 2.42. The van der Waals surface area contributed by atoms with E-state index in [0.29, 0.717) is 44.9 Å². The van der Waals surface area contributed by atoms with Crippen molar-refractivity contribution < 1.29 is 9.59 Å². The summed E-state index contributed by atoms with van der Waals surface area (Å²) in [6, 6.07) is 12.3. The Morgan fingerprint density at radius 2 is 1.05 bits per heavy atom. The number of ketones is 2. The molecular formula is C42H64O2. The molecule has 0 aliphatic heterocycles. The van der Waals surface area contributed by atoms with E-state index in [1.807, 2.05) is 12.1 Å². The monoisotopic (exact) mass is 600 g/mol. The van der Waals surface area contributed by atoms with Gasteiger partial charge in [-0.05, 0) is 101 Å². The SMILES string of the molecule is CCC(C)(CCCC(C)C(C)(C)C)c1ccc2c(c1)C(=O)c1cc(C(CC)(CC)CCCC(C)C(C)(C)CC)ccc1C2=O. The number of fused-ring (bicyclic) bond motifs is 2. The Balaban J connectivity index is 1.91. The van der Waals surface area contributed by atoms with Crippen molar-refractivity contribution in [3.05, 3.63) is 69.8 Å². The van der Waals surface area contributed by atoms with Gasteiger partial charge in [-0.25, -0.2) is 0 Å². The minimum atomic E-state index is -0.0266. The summed E-state index contributed by atoms with van der Waals surface area (Å²) in [6.45, 7) is 27.9. The zero-order chi connectivity index (χ0) is 33.1. The number of rotatable bonds is 15. The van der Waals surface area contributed by atoms with Gasteiger partial charge >= 0.3 is 0 Å². The molecule has 0 aromatic heterocycles. The van der Waals surface area contributed by atoms with Crippen LogP contribution in [0, 0.1) is 22.7 Å². The molecule has 2 nitrogen and oxygen atoms in total. The molecule has 3 unspecified atom stereocenters. The molecule has 2 aromatic carbocycles. The zero-order valence-electron chi connectivity index (χ0n) is 30.5.